The number of hydrogen-bond acceptors (Lipinski definition) is 6. The van der Waals surface area contributed by atoms with Crippen molar-refractivity contribution in [2.75, 3.05) is 5.32 Å². The summed E-state index contributed by atoms with van der Waals surface area (Å²) in [5.41, 5.74) is 1.76. The van der Waals surface area contributed by atoms with Crippen LogP contribution >= 0.6 is 0 Å². The van der Waals surface area contributed by atoms with Gasteiger partial charge in [-0.3, -0.25) is 14.9 Å². The maximum atomic E-state index is 12.2. The smallest absolute Gasteiger partial charge is 0.358 e. The van der Waals surface area contributed by atoms with Gasteiger partial charge in [-0.1, -0.05) is 42.5 Å². The highest BCUT2D eigenvalue weighted by molar-refractivity contribution is 5.91. The summed E-state index contributed by atoms with van der Waals surface area (Å²) < 4.78 is 0.948. The van der Waals surface area contributed by atoms with E-state index in [1.165, 1.54) is 6.92 Å². The number of aromatic nitrogens is 2. The predicted molar refractivity (Wildman–Crippen MR) is 101 cm³/mol. The zero-order valence-electron chi connectivity index (χ0n) is 14.7. The fourth-order valence-corrected chi connectivity index (χ4v) is 2.72. The van der Waals surface area contributed by atoms with Crippen molar-refractivity contribution in [2.45, 2.75) is 13.5 Å². The lowest BCUT2D eigenvalue weighted by atomic mass is 10.1. The fraction of sp³-hybridized carbons (Fsp3) is 0.111. The van der Waals surface area contributed by atoms with E-state index in [1.54, 1.807) is 12.1 Å². The topological polar surface area (TPSA) is 133 Å². The van der Waals surface area contributed by atoms with Crippen molar-refractivity contribution in [3.8, 4) is 11.1 Å². The molecule has 10 heteroatoms. The first-order valence-electron chi connectivity index (χ1n) is 8.18. The van der Waals surface area contributed by atoms with Crippen LogP contribution in [0.4, 0.5) is 17.2 Å². The second-order valence-corrected chi connectivity index (χ2v) is 5.92. The summed E-state index contributed by atoms with van der Waals surface area (Å²) in [6, 6.07) is 16.8. The lowest BCUT2D eigenvalue weighted by molar-refractivity contribution is -0.424. The van der Waals surface area contributed by atoms with Crippen molar-refractivity contribution < 1.29 is 14.6 Å². The van der Waals surface area contributed by atoms with Crippen molar-refractivity contribution in [2.24, 2.45) is 0 Å². The molecule has 1 N–H and O–H groups in total. The molecule has 0 radical (unpaired) electrons. The zero-order valence-corrected chi connectivity index (χ0v) is 14.7. The molecule has 0 spiro atoms. The highest BCUT2D eigenvalue weighted by Crippen LogP contribution is 2.29. The number of nitrogens with zero attached hydrogens (tertiary/aromatic N) is 4. The summed E-state index contributed by atoms with van der Waals surface area (Å²) >= 11 is 0. The molecule has 1 aromatic heterocycles. The highest BCUT2D eigenvalue weighted by atomic mass is 16.6. The largest absolute Gasteiger partial charge is 0.468 e. The van der Waals surface area contributed by atoms with Crippen molar-refractivity contribution in [3.63, 3.8) is 0 Å². The van der Waals surface area contributed by atoms with Crippen LogP contribution in [-0.2, 0) is 11.3 Å². The third kappa shape index (κ3) is 3.85. The number of carbonyl (C=O) groups is 1. The van der Waals surface area contributed by atoms with Crippen molar-refractivity contribution in [3.05, 3.63) is 80.5 Å². The molecule has 0 aliphatic carbocycles. The minimum Gasteiger partial charge on any atom is -0.358 e. The van der Waals surface area contributed by atoms with Gasteiger partial charge in [-0.15, -0.1) is 0 Å². The average molecular weight is 381 g/mol. The van der Waals surface area contributed by atoms with Crippen LogP contribution in [0.3, 0.4) is 0 Å². The minimum absolute atomic E-state index is 0.0636. The summed E-state index contributed by atoms with van der Waals surface area (Å²) in [6.45, 7) is 0.918. The van der Waals surface area contributed by atoms with Gasteiger partial charge in [0.2, 0.25) is 5.91 Å². The molecule has 10 nitrogen and oxygen atoms in total. The van der Waals surface area contributed by atoms with E-state index in [0.29, 0.717) is 5.69 Å². The number of nitrogens with one attached hydrogen (secondary N) is 1. The van der Waals surface area contributed by atoms with Crippen LogP contribution in [0.15, 0.2) is 54.6 Å². The Morgan fingerprint density at radius 1 is 1.00 bits per heavy atom. The third-order valence-corrected chi connectivity index (χ3v) is 4.08. The molecule has 28 heavy (non-hydrogen) atoms. The molecule has 1 heterocycles. The Kier molecular flexibility index (Phi) is 5.12. The molecule has 0 saturated heterocycles. The summed E-state index contributed by atoms with van der Waals surface area (Å²) in [7, 11) is 0. The van der Waals surface area contributed by atoms with Crippen LogP contribution in [0.2, 0.25) is 0 Å². The molecular weight excluding hydrogens is 366 g/mol. The molecule has 142 valence electrons. The molecule has 0 fully saturated rings. The first kappa shape index (κ1) is 18.7. The molecule has 0 atom stereocenters. The molecule has 1 amide bonds. The molecule has 3 aromatic rings. The van der Waals surface area contributed by atoms with E-state index < -0.39 is 27.3 Å². The Hall–Kier alpha value is -4.08. The van der Waals surface area contributed by atoms with Gasteiger partial charge in [0.1, 0.15) is 12.2 Å². The average Bonchev–Trinajstić information content (AvgIpc) is 3.00. The van der Waals surface area contributed by atoms with Gasteiger partial charge in [0.05, 0.1) is 10.0 Å². The van der Waals surface area contributed by atoms with Gasteiger partial charge in [-0.25, -0.2) is 0 Å². The summed E-state index contributed by atoms with van der Waals surface area (Å²) in [4.78, 5) is 32.4. The Labute approximate surface area is 158 Å². The van der Waals surface area contributed by atoms with Crippen molar-refractivity contribution in [1.29, 1.82) is 0 Å². The van der Waals surface area contributed by atoms with E-state index in [9.17, 15) is 25.0 Å². The normalized spacial score (nSPS) is 10.5. The van der Waals surface area contributed by atoms with Crippen molar-refractivity contribution >= 4 is 23.1 Å². The SMILES string of the molecule is Cc1c([N+](=O)[O-])c([N+](=O)[O-])nn1CC(=O)Nc1ccc(-c2ccccc2)cc1. The van der Waals surface area contributed by atoms with Crippen LogP contribution in [0.5, 0.6) is 0 Å². The van der Waals surface area contributed by atoms with Gasteiger partial charge >= 0.3 is 11.5 Å². The maximum Gasteiger partial charge on any atom is 0.468 e. The highest BCUT2D eigenvalue weighted by Gasteiger charge is 2.35. The lowest BCUT2D eigenvalue weighted by Crippen LogP contribution is -2.20. The van der Waals surface area contributed by atoms with Crippen LogP contribution in [0, 0.1) is 27.2 Å². The van der Waals surface area contributed by atoms with E-state index in [0.717, 1.165) is 15.8 Å². The molecule has 0 bridgehead atoms. The first-order chi connectivity index (χ1) is 13.4. The molecule has 0 unspecified atom stereocenters. The van der Waals surface area contributed by atoms with Crippen LogP contribution in [0.1, 0.15) is 5.69 Å². The molecule has 0 aliphatic rings. The van der Waals surface area contributed by atoms with Gasteiger partial charge in [0.15, 0.2) is 0 Å². The Morgan fingerprint density at radius 3 is 2.14 bits per heavy atom. The maximum absolute atomic E-state index is 12.2. The molecule has 0 aliphatic heterocycles. The standard InChI is InChI=1S/C18H15N5O5/c1-12-17(22(25)26)18(23(27)28)20-21(12)11-16(24)19-15-9-7-14(8-10-15)13-5-3-2-4-6-13/h2-10H,11H2,1H3,(H,19,24). The Morgan fingerprint density at radius 2 is 1.61 bits per heavy atom. The zero-order chi connectivity index (χ0) is 20.3. The van der Waals surface area contributed by atoms with E-state index in [1.807, 2.05) is 42.5 Å². The van der Waals surface area contributed by atoms with E-state index in [4.69, 9.17) is 0 Å². The van der Waals surface area contributed by atoms with Crippen LogP contribution in [-0.4, -0.2) is 25.5 Å². The second-order valence-electron chi connectivity index (χ2n) is 5.92. The van der Waals surface area contributed by atoms with E-state index in [-0.39, 0.29) is 12.2 Å². The number of amides is 1. The van der Waals surface area contributed by atoms with Gasteiger partial charge in [-0.05, 0) is 35.1 Å². The minimum atomic E-state index is -0.943. The van der Waals surface area contributed by atoms with Gasteiger partial charge in [0.25, 0.3) is 0 Å². The number of hydrogen-bond donors (Lipinski definition) is 1. The lowest BCUT2D eigenvalue weighted by Gasteiger charge is -2.06. The summed E-state index contributed by atoms with van der Waals surface area (Å²) in [5.74, 6) is -1.40. The summed E-state index contributed by atoms with van der Waals surface area (Å²) in [6.07, 6.45) is 0. The van der Waals surface area contributed by atoms with Crippen LogP contribution in [0.25, 0.3) is 11.1 Å². The quantitative estimate of drug-likeness (QED) is 0.514. The molecule has 3 rings (SSSR count). The number of nitro groups is 2. The number of rotatable bonds is 6. The monoisotopic (exact) mass is 381 g/mol. The third-order valence-electron chi connectivity index (χ3n) is 4.08. The summed E-state index contributed by atoms with van der Waals surface area (Å²) in [5, 5.41) is 28.2. The second kappa shape index (κ2) is 7.66. The van der Waals surface area contributed by atoms with Crippen molar-refractivity contribution in [1.82, 2.24) is 9.78 Å². The van der Waals surface area contributed by atoms with Crippen LogP contribution < -0.4 is 5.32 Å². The molecule has 0 saturated carbocycles. The fourth-order valence-electron chi connectivity index (χ4n) is 2.72. The van der Waals surface area contributed by atoms with Gasteiger partial charge in [0, 0.05) is 5.69 Å². The number of anilines is 1. The Bertz CT molecular complexity index is 1040. The molecule has 2 aromatic carbocycles. The van der Waals surface area contributed by atoms with E-state index in [2.05, 4.69) is 10.4 Å². The number of carbonyl (C=O) groups excluding carboxylic acids is 1. The van der Waals surface area contributed by atoms with E-state index >= 15 is 0 Å². The first-order valence-corrected chi connectivity index (χ1v) is 8.18. The van der Waals surface area contributed by atoms with Gasteiger partial charge in [-0.2, -0.15) is 4.68 Å². The predicted octanol–water partition coefficient (Wildman–Crippen LogP) is 3.31. The van der Waals surface area contributed by atoms with Gasteiger partial charge < -0.3 is 15.4 Å². The molecular formula is C18H15N5O5. The number of benzene rings is 2. The Balaban J connectivity index is 1.73.